The molecule has 0 bridgehead atoms. The Bertz CT molecular complexity index is 808. The van der Waals surface area contributed by atoms with Crippen LogP contribution in [-0.2, 0) is 4.79 Å². The van der Waals surface area contributed by atoms with E-state index in [1.807, 2.05) is 6.07 Å². The van der Waals surface area contributed by atoms with Gasteiger partial charge in [0.05, 0.1) is 11.1 Å². The predicted octanol–water partition coefficient (Wildman–Crippen LogP) is 3.51. The molecular formula is C18H15FN2O3. The number of rotatable bonds is 4. The number of anilines is 1. The van der Waals surface area contributed by atoms with Gasteiger partial charge in [-0.05, 0) is 36.4 Å². The summed E-state index contributed by atoms with van der Waals surface area (Å²) in [7, 11) is 0. The maximum absolute atomic E-state index is 13.2. The molecule has 0 aromatic heterocycles. The summed E-state index contributed by atoms with van der Waals surface area (Å²) in [5, 5.41) is 11.7. The van der Waals surface area contributed by atoms with Crippen molar-refractivity contribution in [1.82, 2.24) is 0 Å². The molecule has 0 aliphatic carbocycles. The van der Waals surface area contributed by atoms with E-state index >= 15 is 0 Å². The summed E-state index contributed by atoms with van der Waals surface area (Å²) < 4.78 is 18.3. The zero-order chi connectivity index (χ0) is 17.7. The first-order valence-electron chi connectivity index (χ1n) is 7.23. The van der Waals surface area contributed by atoms with E-state index in [4.69, 9.17) is 10.00 Å². The van der Waals surface area contributed by atoms with Gasteiger partial charge < -0.3 is 10.1 Å². The average Bonchev–Trinajstić information content (AvgIpc) is 2.55. The van der Waals surface area contributed by atoms with E-state index < -0.39 is 11.8 Å². The Hall–Kier alpha value is -3.20. The Labute approximate surface area is 138 Å². The van der Waals surface area contributed by atoms with E-state index in [9.17, 15) is 14.0 Å². The molecule has 0 aliphatic rings. The van der Waals surface area contributed by atoms with Gasteiger partial charge in [0, 0.05) is 17.7 Å². The second-order valence-corrected chi connectivity index (χ2v) is 5.36. The number of nitriles is 1. The predicted molar refractivity (Wildman–Crippen MR) is 86.0 cm³/mol. The molecule has 0 spiro atoms. The molecule has 1 N–H and O–H groups in total. The summed E-state index contributed by atoms with van der Waals surface area (Å²) in [6, 6.07) is 11.2. The molecule has 0 unspecified atom stereocenters. The third-order valence-electron chi connectivity index (χ3n) is 3.18. The van der Waals surface area contributed by atoms with Crippen molar-refractivity contribution in [3.05, 3.63) is 59.4 Å². The number of amides is 1. The van der Waals surface area contributed by atoms with Crippen molar-refractivity contribution in [1.29, 1.82) is 5.26 Å². The van der Waals surface area contributed by atoms with E-state index in [2.05, 4.69) is 5.32 Å². The fourth-order valence-corrected chi connectivity index (χ4v) is 1.81. The number of hydrogen-bond donors (Lipinski definition) is 1. The highest BCUT2D eigenvalue weighted by Crippen LogP contribution is 2.21. The molecule has 122 valence electrons. The molecule has 24 heavy (non-hydrogen) atoms. The quantitative estimate of drug-likeness (QED) is 0.689. The van der Waals surface area contributed by atoms with Gasteiger partial charge in [0.2, 0.25) is 5.91 Å². The second-order valence-electron chi connectivity index (χ2n) is 5.36. The van der Waals surface area contributed by atoms with E-state index in [0.29, 0.717) is 5.69 Å². The number of hydrogen-bond acceptors (Lipinski definition) is 4. The molecular weight excluding hydrogens is 311 g/mol. The number of halogens is 1. The fourth-order valence-electron chi connectivity index (χ4n) is 1.81. The SMILES string of the molecule is CC(C)C(=O)Nc1ccc(C(=O)Oc2cc(F)ccc2C#N)cc1. The summed E-state index contributed by atoms with van der Waals surface area (Å²) in [5.74, 6) is -1.77. The van der Waals surface area contributed by atoms with Gasteiger partial charge in [0.25, 0.3) is 0 Å². The molecule has 0 fully saturated rings. The summed E-state index contributed by atoms with van der Waals surface area (Å²) in [5.41, 5.74) is 0.824. The maximum Gasteiger partial charge on any atom is 0.343 e. The summed E-state index contributed by atoms with van der Waals surface area (Å²) in [4.78, 5) is 23.7. The molecule has 0 saturated carbocycles. The van der Waals surface area contributed by atoms with Crippen LogP contribution in [0.4, 0.5) is 10.1 Å². The van der Waals surface area contributed by atoms with Crippen molar-refractivity contribution >= 4 is 17.6 Å². The molecule has 5 nitrogen and oxygen atoms in total. The van der Waals surface area contributed by atoms with Gasteiger partial charge in [-0.15, -0.1) is 0 Å². The van der Waals surface area contributed by atoms with Crippen LogP contribution in [0, 0.1) is 23.1 Å². The van der Waals surface area contributed by atoms with Crippen LogP contribution >= 0.6 is 0 Å². The minimum atomic E-state index is -0.723. The van der Waals surface area contributed by atoms with Crippen LogP contribution in [0.3, 0.4) is 0 Å². The van der Waals surface area contributed by atoms with E-state index in [0.717, 1.165) is 12.1 Å². The third kappa shape index (κ3) is 4.17. The van der Waals surface area contributed by atoms with Crippen LogP contribution in [0.25, 0.3) is 0 Å². The molecule has 1 amide bonds. The molecule has 0 radical (unpaired) electrons. The highest BCUT2D eigenvalue weighted by Gasteiger charge is 2.13. The van der Waals surface area contributed by atoms with Gasteiger partial charge in [0.1, 0.15) is 11.9 Å². The fraction of sp³-hybridized carbons (Fsp3) is 0.167. The first-order valence-corrected chi connectivity index (χ1v) is 7.23. The van der Waals surface area contributed by atoms with Gasteiger partial charge in [-0.2, -0.15) is 5.26 Å². The van der Waals surface area contributed by atoms with Gasteiger partial charge in [-0.3, -0.25) is 4.79 Å². The normalized spacial score (nSPS) is 10.1. The number of ether oxygens (including phenoxy) is 1. The lowest BCUT2D eigenvalue weighted by atomic mass is 10.1. The van der Waals surface area contributed by atoms with Crippen LogP contribution in [-0.4, -0.2) is 11.9 Å². The Balaban J connectivity index is 2.12. The van der Waals surface area contributed by atoms with Crippen molar-refractivity contribution < 1.29 is 18.7 Å². The maximum atomic E-state index is 13.2. The minimum absolute atomic E-state index is 0.0607. The van der Waals surface area contributed by atoms with E-state index in [-0.39, 0.29) is 28.7 Å². The lowest BCUT2D eigenvalue weighted by Gasteiger charge is -2.09. The second kappa shape index (κ2) is 7.38. The number of carbonyl (C=O) groups excluding carboxylic acids is 2. The summed E-state index contributed by atoms with van der Waals surface area (Å²) >= 11 is 0. The number of nitrogens with zero attached hydrogens (tertiary/aromatic N) is 1. The largest absolute Gasteiger partial charge is 0.421 e. The number of carbonyl (C=O) groups is 2. The van der Waals surface area contributed by atoms with E-state index in [1.54, 1.807) is 26.0 Å². The van der Waals surface area contributed by atoms with Crippen molar-refractivity contribution in [2.75, 3.05) is 5.32 Å². The molecule has 2 aromatic rings. The molecule has 0 aliphatic heterocycles. The van der Waals surface area contributed by atoms with Gasteiger partial charge in [-0.25, -0.2) is 9.18 Å². The molecule has 2 aromatic carbocycles. The Morgan fingerprint density at radius 3 is 2.42 bits per heavy atom. The Morgan fingerprint density at radius 2 is 1.83 bits per heavy atom. The van der Waals surface area contributed by atoms with E-state index in [1.165, 1.54) is 18.2 Å². The third-order valence-corrected chi connectivity index (χ3v) is 3.18. The number of nitrogens with one attached hydrogen (secondary N) is 1. The molecule has 0 atom stereocenters. The smallest absolute Gasteiger partial charge is 0.343 e. The van der Waals surface area contributed by atoms with Gasteiger partial charge in [-0.1, -0.05) is 13.8 Å². The first-order chi connectivity index (χ1) is 11.4. The minimum Gasteiger partial charge on any atom is -0.421 e. The highest BCUT2D eigenvalue weighted by atomic mass is 19.1. The number of benzene rings is 2. The molecule has 6 heteroatoms. The molecule has 0 heterocycles. The lowest BCUT2D eigenvalue weighted by molar-refractivity contribution is -0.118. The Kier molecular flexibility index (Phi) is 5.27. The van der Waals surface area contributed by atoms with Crippen LogP contribution in [0.15, 0.2) is 42.5 Å². The van der Waals surface area contributed by atoms with Crippen LogP contribution in [0.5, 0.6) is 5.75 Å². The topological polar surface area (TPSA) is 79.2 Å². The summed E-state index contributed by atoms with van der Waals surface area (Å²) in [6.07, 6.45) is 0. The highest BCUT2D eigenvalue weighted by molar-refractivity contribution is 5.94. The van der Waals surface area contributed by atoms with Gasteiger partial charge in [0.15, 0.2) is 5.75 Å². The monoisotopic (exact) mass is 326 g/mol. The molecule has 0 saturated heterocycles. The van der Waals surface area contributed by atoms with Crippen molar-refractivity contribution in [3.63, 3.8) is 0 Å². The molecule has 2 rings (SSSR count). The van der Waals surface area contributed by atoms with Crippen molar-refractivity contribution in [2.24, 2.45) is 5.92 Å². The van der Waals surface area contributed by atoms with Gasteiger partial charge >= 0.3 is 5.97 Å². The Morgan fingerprint density at radius 1 is 1.17 bits per heavy atom. The van der Waals surface area contributed by atoms with Crippen LogP contribution in [0.2, 0.25) is 0 Å². The van der Waals surface area contributed by atoms with Crippen LogP contribution < -0.4 is 10.1 Å². The number of esters is 1. The first kappa shape index (κ1) is 17.2. The summed E-state index contributed by atoms with van der Waals surface area (Å²) in [6.45, 7) is 3.54. The lowest BCUT2D eigenvalue weighted by Crippen LogP contribution is -2.17. The average molecular weight is 326 g/mol. The van der Waals surface area contributed by atoms with Crippen molar-refractivity contribution in [2.45, 2.75) is 13.8 Å². The zero-order valence-electron chi connectivity index (χ0n) is 13.2. The standard InChI is InChI=1S/C18H15FN2O3/c1-11(2)17(22)21-15-7-4-12(5-8-15)18(23)24-16-9-14(19)6-3-13(16)10-20/h3-9,11H,1-2H3,(H,21,22). The van der Waals surface area contributed by atoms with Crippen LogP contribution in [0.1, 0.15) is 29.8 Å². The zero-order valence-corrected chi connectivity index (χ0v) is 13.2. The van der Waals surface area contributed by atoms with Crippen molar-refractivity contribution in [3.8, 4) is 11.8 Å².